The first kappa shape index (κ1) is 20.2. The summed E-state index contributed by atoms with van der Waals surface area (Å²) in [5, 5.41) is 7.09. The third-order valence-corrected chi connectivity index (χ3v) is 5.90. The van der Waals surface area contributed by atoms with Gasteiger partial charge in [-0.3, -0.25) is 0 Å². The molecule has 0 bridgehead atoms. The fourth-order valence-electron chi connectivity index (χ4n) is 4.27. The third-order valence-electron chi connectivity index (χ3n) is 5.90. The van der Waals surface area contributed by atoms with Crippen LogP contribution in [0, 0.1) is 0 Å². The van der Waals surface area contributed by atoms with Crippen molar-refractivity contribution < 1.29 is 18.9 Å². The van der Waals surface area contributed by atoms with Crippen LogP contribution in [-0.2, 0) is 0 Å². The number of nitrogens with zero attached hydrogens (tertiary/aromatic N) is 2. The first-order valence-corrected chi connectivity index (χ1v) is 10.8. The summed E-state index contributed by atoms with van der Waals surface area (Å²) >= 11 is 0. The van der Waals surface area contributed by atoms with Gasteiger partial charge in [0.15, 0.2) is 0 Å². The van der Waals surface area contributed by atoms with Crippen LogP contribution in [0.4, 0.5) is 0 Å². The van der Waals surface area contributed by atoms with Gasteiger partial charge in [-0.25, -0.2) is 5.01 Å². The van der Waals surface area contributed by atoms with E-state index < -0.39 is 0 Å². The highest BCUT2D eigenvalue weighted by Gasteiger charge is 2.41. The van der Waals surface area contributed by atoms with E-state index >= 15 is 0 Å². The van der Waals surface area contributed by atoms with Gasteiger partial charge in [-0.2, -0.15) is 5.10 Å². The zero-order valence-electron chi connectivity index (χ0n) is 18.4. The monoisotopic (exact) mass is 430 g/mol. The molecule has 0 spiro atoms. The summed E-state index contributed by atoms with van der Waals surface area (Å²) in [6, 6.07) is 22.1. The van der Waals surface area contributed by atoms with Gasteiger partial charge < -0.3 is 18.9 Å². The van der Waals surface area contributed by atoms with Crippen molar-refractivity contribution in [3.8, 4) is 23.0 Å². The van der Waals surface area contributed by atoms with E-state index in [9.17, 15) is 0 Å². The van der Waals surface area contributed by atoms with Crippen molar-refractivity contribution in [3.05, 3.63) is 83.4 Å². The van der Waals surface area contributed by atoms with Crippen LogP contribution in [0.15, 0.2) is 71.8 Å². The fraction of sp³-hybridized carbons (Fsp3) is 0.269. The molecule has 0 saturated heterocycles. The number of benzene rings is 3. The molecular weight excluding hydrogens is 404 g/mol. The van der Waals surface area contributed by atoms with Crippen LogP contribution < -0.4 is 18.9 Å². The van der Waals surface area contributed by atoms with E-state index in [4.69, 9.17) is 24.0 Å². The number of rotatable bonds is 6. The number of hydrogen-bond acceptors (Lipinski definition) is 6. The Labute approximate surface area is 188 Å². The van der Waals surface area contributed by atoms with Crippen molar-refractivity contribution in [1.29, 1.82) is 0 Å². The average Bonchev–Trinajstić information content (AvgIpc) is 3.30. The van der Waals surface area contributed by atoms with Crippen molar-refractivity contribution in [3.63, 3.8) is 0 Å². The standard InChI is InChI=1S/C26H26N2O4/c1-4-31-20-11-7-18(8-12-20)26-28-24(22-15-21(30-3)13-14-25(22)32-26)16-23(27-28)17-5-9-19(29-2)10-6-17/h5-15,24,26H,4,16H2,1-3H3/t24-,26-/m1/s1. The van der Waals surface area contributed by atoms with E-state index in [0.717, 1.165) is 51.8 Å². The van der Waals surface area contributed by atoms with Crippen molar-refractivity contribution in [2.75, 3.05) is 20.8 Å². The lowest BCUT2D eigenvalue weighted by Crippen LogP contribution is -2.33. The molecule has 0 aromatic heterocycles. The summed E-state index contributed by atoms with van der Waals surface area (Å²) < 4.78 is 22.8. The summed E-state index contributed by atoms with van der Waals surface area (Å²) in [5.41, 5.74) is 4.21. The highest BCUT2D eigenvalue weighted by Crippen LogP contribution is 2.48. The number of hydrazone groups is 1. The SMILES string of the molecule is CCOc1ccc([C@H]2Oc3ccc(OC)cc3[C@H]3CC(c4ccc(OC)cc4)=NN32)cc1. The molecule has 0 fully saturated rings. The zero-order chi connectivity index (χ0) is 22.1. The molecule has 3 aromatic carbocycles. The molecule has 2 aliphatic heterocycles. The Hall–Kier alpha value is -3.67. The summed E-state index contributed by atoms with van der Waals surface area (Å²) in [4.78, 5) is 0. The summed E-state index contributed by atoms with van der Waals surface area (Å²) in [7, 11) is 3.35. The van der Waals surface area contributed by atoms with Gasteiger partial charge in [-0.15, -0.1) is 0 Å². The molecule has 0 radical (unpaired) electrons. The number of hydrogen-bond donors (Lipinski definition) is 0. The van der Waals surface area contributed by atoms with E-state index in [1.165, 1.54) is 0 Å². The van der Waals surface area contributed by atoms with Gasteiger partial charge >= 0.3 is 0 Å². The molecule has 2 aliphatic rings. The molecule has 0 aliphatic carbocycles. The Bertz CT molecular complexity index is 1130. The van der Waals surface area contributed by atoms with Crippen LogP contribution in [0.2, 0.25) is 0 Å². The lowest BCUT2D eigenvalue weighted by Gasteiger charge is -2.38. The van der Waals surface area contributed by atoms with Crippen molar-refractivity contribution in [2.24, 2.45) is 5.10 Å². The Morgan fingerprint density at radius 1 is 0.906 bits per heavy atom. The van der Waals surface area contributed by atoms with Gasteiger partial charge in [0.25, 0.3) is 0 Å². The quantitative estimate of drug-likeness (QED) is 0.528. The molecule has 0 saturated carbocycles. The van der Waals surface area contributed by atoms with Crippen LogP contribution in [0.25, 0.3) is 0 Å². The Morgan fingerprint density at radius 2 is 1.59 bits per heavy atom. The maximum absolute atomic E-state index is 6.45. The number of fused-ring (bicyclic) bond motifs is 3. The van der Waals surface area contributed by atoms with Crippen molar-refractivity contribution >= 4 is 5.71 Å². The molecule has 32 heavy (non-hydrogen) atoms. The molecule has 164 valence electrons. The first-order chi connectivity index (χ1) is 15.7. The van der Waals surface area contributed by atoms with Crippen LogP contribution in [0.1, 0.15) is 42.3 Å². The minimum absolute atomic E-state index is 0.0579. The smallest absolute Gasteiger partial charge is 0.213 e. The second-order valence-corrected chi connectivity index (χ2v) is 7.75. The highest BCUT2D eigenvalue weighted by molar-refractivity contribution is 6.02. The van der Waals surface area contributed by atoms with Crippen LogP contribution in [0.5, 0.6) is 23.0 Å². The lowest BCUT2D eigenvalue weighted by molar-refractivity contribution is -0.0191. The predicted octanol–water partition coefficient (Wildman–Crippen LogP) is 5.34. The molecule has 6 heteroatoms. The Morgan fingerprint density at radius 3 is 2.28 bits per heavy atom. The minimum atomic E-state index is -0.327. The molecule has 3 aromatic rings. The lowest BCUT2D eigenvalue weighted by atomic mass is 9.95. The Kier molecular flexibility index (Phi) is 5.35. The van der Waals surface area contributed by atoms with E-state index in [-0.39, 0.29) is 12.3 Å². The second kappa shape index (κ2) is 8.46. The van der Waals surface area contributed by atoms with Crippen molar-refractivity contribution in [2.45, 2.75) is 25.6 Å². The largest absolute Gasteiger partial charge is 0.497 e. The van der Waals surface area contributed by atoms with Crippen LogP contribution in [-0.4, -0.2) is 31.5 Å². The summed E-state index contributed by atoms with van der Waals surface area (Å²) in [6.07, 6.45) is 0.455. The van der Waals surface area contributed by atoms with E-state index in [1.807, 2.05) is 61.5 Å². The predicted molar refractivity (Wildman–Crippen MR) is 123 cm³/mol. The first-order valence-electron chi connectivity index (χ1n) is 10.8. The summed E-state index contributed by atoms with van der Waals surface area (Å²) in [6.45, 7) is 2.62. The number of ether oxygens (including phenoxy) is 4. The normalized spacial score (nSPS) is 18.8. The van der Waals surface area contributed by atoms with E-state index in [1.54, 1.807) is 14.2 Å². The molecular formula is C26H26N2O4. The molecule has 2 atom stereocenters. The minimum Gasteiger partial charge on any atom is -0.497 e. The maximum Gasteiger partial charge on any atom is 0.213 e. The molecule has 2 heterocycles. The van der Waals surface area contributed by atoms with Crippen LogP contribution in [0.3, 0.4) is 0 Å². The van der Waals surface area contributed by atoms with Gasteiger partial charge in [-0.1, -0.05) is 0 Å². The van der Waals surface area contributed by atoms with Crippen molar-refractivity contribution in [1.82, 2.24) is 5.01 Å². The maximum atomic E-state index is 6.45. The fourth-order valence-corrected chi connectivity index (χ4v) is 4.27. The molecule has 0 amide bonds. The van der Waals surface area contributed by atoms with E-state index in [0.29, 0.717) is 6.61 Å². The zero-order valence-corrected chi connectivity index (χ0v) is 18.4. The average molecular weight is 431 g/mol. The Balaban J connectivity index is 1.53. The molecule has 0 unspecified atom stereocenters. The molecule has 6 nitrogen and oxygen atoms in total. The van der Waals surface area contributed by atoms with Crippen LogP contribution >= 0.6 is 0 Å². The molecule has 5 rings (SSSR count). The van der Waals surface area contributed by atoms with Gasteiger partial charge in [0.1, 0.15) is 23.0 Å². The van der Waals surface area contributed by atoms with Gasteiger partial charge in [0.05, 0.1) is 32.6 Å². The topological polar surface area (TPSA) is 52.5 Å². The van der Waals surface area contributed by atoms with Gasteiger partial charge in [0.2, 0.25) is 6.23 Å². The number of methoxy groups -OCH3 is 2. The molecule has 0 N–H and O–H groups in total. The van der Waals surface area contributed by atoms with E-state index in [2.05, 4.69) is 17.1 Å². The second-order valence-electron chi connectivity index (χ2n) is 7.75. The summed E-state index contributed by atoms with van der Waals surface area (Å²) in [5.74, 6) is 3.34. The highest BCUT2D eigenvalue weighted by atomic mass is 16.5. The third kappa shape index (κ3) is 3.62. The van der Waals surface area contributed by atoms with Gasteiger partial charge in [-0.05, 0) is 79.2 Å². The van der Waals surface area contributed by atoms with Gasteiger partial charge in [0, 0.05) is 17.5 Å².